The Bertz CT molecular complexity index is 349. The monoisotopic (exact) mass is 211 g/mol. The third-order valence-corrected chi connectivity index (χ3v) is 2.27. The van der Waals surface area contributed by atoms with Gasteiger partial charge in [-0.3, -0.25) is 4.79 Å². The van der Waals surface area contributed by atoms with Gasteiger partial charge in [-0.15, -0.1) is 0 Å². The molecule has 0 N–H and O–H groups in total. The normalized spacial score (nSPS) is 10.0. The largest absolute Gasteiger partial charge is 0.367 e. The van der Waals surface area contributed by atoms with Crippen molar-refractivity contribution in [2.75, 3.05) is 18.5 Å². The number of nitrogens with zero attached hydrogens (tertiary/aromatic N) is 1. The average Bonchev–Trinajstić information content (AvgIpc) is 2.01. The van der Waals surface area contributed by atoms with E-state index in [1.54, 1.807) is 6.92 Å². The summed E-state index contributed by atoms with van der Waals surface area (Å²) in [6, 6.07) is 5.66. The molecule has 0 atom stereocenters. The van der Waals surface area contributed by atoms with Crippen molar-refractivity contribution in [3.8, 4) is 0 Å². The molecular formula is C11H14ClNO. The van der Waals surface area contributed by atoms with Crippen LogP contribution >= 0.6 is 11.6 Å². The number of rotatable bonds is 3. The quantitative estimate of drug-likeness (QED) is 0.766. The highest BCUT2D eigenvalue weighted by atomic mass is 35.5. The standard InChI is InChI=1S/C11H14ClNO/c1-8-6-10(12)4-5-11(8)13(3)7-9(2)14/h4-6H,7H2,1-3H3. The minimum Gasteiger partial charge on any atom is -0.367 e. The van der Waals surface area contributed by atoms with Crippen molar-refractivity contribution in [2.24, 2.45) is 0 Å². The Morgan fingerprint density at radius 1 is 1.50 bits per heavy atom. The minimum absolute atomic E-state index is 0.154. The van der Waals surface area contributed by atoms with E-state index in [1.807, 2.05) is 37.1 Å². The topological polar surface area (TPSA) is 20.3 Å². The third kappa shape index (κ3) is 2.74. The molecule has 0 bridgehead atoms. The Labute approximate surface area is 89.5 Å². The zero-order chi connectivity index (χ0) is 10.7. The highest BCUT2D eigenvalue weighted by Gasteiger charge is 2.06. The lowest BCUT2D eigenvalue weighted by Gasteiger charge is -2.19. The van der Waals surface area contributed by atoms with Gasteiger partial charge in [-0.25, -0.2) is 0 Å². The molecule has 0 fully saturated rings. The molecule has 0 aliphatic rings. The fourth-order valence-electron chi connectivity index (χ4n) is 1.47. The highest BCUT2D eigenvalue weighted by molar-refractivity contribution is 6.30. The number of anilines is 1. The van der Waals surface area contributed by atoms with Gasteiger partial charge in [0.2, 0.25) is 0 Å². The average molecular weight is 212 g/mol. The first-order chi connectivity index (χ1) is 6.50. The lowest BCUT2D eigenvalue weighted by molar-refractivity contribution is -0.115. The van der Waals surface area contributed by atoms with Gasteiger partial charge in [0.1, 0.15) is 5.78 Å². The van der Waals surface area contributed by atoms with Crippen LogP contribution in [0.15, 0.2) is 18.2 Å². The summed E-state index contributed by atoms with van der Waals surface area (Å²) in [5, 5.41) is 0.725. The number of aryl methyl sites for hydroxylation is 1. The van der Waals surface area contributed by atoms with Crippen molar-refractivity contribution in [3.05, 3.63) is 28.8 Å². The predicted octanol–water partition coefficient (Wildman–Crippen LogP) is 2.67. The van der Waals surface area contributed by atoms with Crippen LogP contribution < -0.4 is 4.90 Å². The summed E-state index contributed by atoms with van der Waals surface area (Å²) < 4.78 is 0. The fourth-order valence-corrected chi connectivity index (χ4v) is 1.69. The number of hydrogen-bond acceptors (Lipinski definition) is 2. The van der Waals surface area contributed by atoms with E-state index in [9.17, 15) is 4.79 Å². The zero-order valence-electron chi connectivity index (χ0n) is 8.67. The Morgan fingerprint density at radius 2 is 2.14 bits per heavy atom. The number of Topliss-reactive ketones (excluding diaryl/α,β-unsaturated/α-hetero) is 1. The molecule has 0 unspecified atom stereocenters. The Balaban J connectivity index is 2.90. The number of carbonyl (C=O) groups is 1. The molecule has 0 amide bonds. The Kier molecular flexibility index (Phi) is 3.53. The lowest BCUT2D eigenvalue weighted by Crippen LogP contribution is -2.24. The minimum atomic E-state index is 0.154. The summed E-state index contributed by atoms with van der Waals surface area (Å²) in [6.45, 7) is 4.00. The van der Waals surface area contributed by atoms with E-state index in [0.29, 0.717) is 6.54 Å². The van der Waals surface area contributed by atoms with Crippen molar-refractivity contribution in [2.45, 2.75) is 13.8 Å². The first-order valence-corrected chi connectivity index (χ1v) is 4.85. The molecule has 0 saturated heterocycles. The predicted molar refractivity (Wildman–Crippen MR) is 60.1 cm³/mol. The maximum absolute atomic E-state index is 10.9. The van der Waals surface area contributed by atoms with Gasteiger partial charge < -0.3 is 4.90 Å². The molecule has 2 nitrogen and oxygen atoms in total. The van der Waals surface area contributed by atoms with Crippen LogP contribution in [-0.2, 0) is 4.79 Å². The first-order valence-electron chi connectivity index (χ1n) is 4.47. The third-order valence-electron chi connectivity index (χ3n) is 2.03. The van der Waals surface area contributed by atoms with E-state index in [-0.39, 0.29) is 5.78 Å². The number of carbonyl (C=O) groups excluding carboxylic acids is 1. The number of hydrogen-bond donors (Lipinski definition) is 0. The van der Waals surface area contributed by atoms with Crippen LogP contribution in [0.4, 0.5) is 5.69 Å². The molecule has 0 radical (unpaired) electrons. The second kappa shape index (κ2) is 4.47. The molecular weight excluding hydrogens is 198 g/mol. The zero-order valence-corrected chi connectivity index (χ0v) is 9.43. The molecule has 14 heavy (non-hydrogen) atoms. The van der Waals surface area contributed by atoms with E-state index in [4.69, 9.17) is 11.6 Å². The maximum atomic E-state index is 10.9. The van der Waals surface area contributed by atoms with Gasteiger partial charge in [0.05, 0.1) is 6.54 Å². The molecule has 3 heteroatoms. The lowest BCUT2D eigenvalue weighted by atomic mass is 10.2. The molecule has 1 aromatic rings. The molecule has 1 aromatic carbocycles. The summed E-state index contributed by atoms with van der Waals surface area (Å²) in [5.41, 5.74) is 2.13. The number of likely N-dealkylation sites (N-methyl/N-ethyl adjacent to an activating group) is 1. The summed E-state index contributed by atoms with van der Waals surface area (Å²) in [4.78, 5) is 12.9. The molecule has 0 aromatic heterocycles. The van der Waals surface area contributed by atoms with Crippen LogP contribution in [0.2, 0.25) is 5.02 Å². The number of benzene rings is 1. The SMILES string of the molecule is CC(=O)CN(C)c1ccc(Cl)cc1C. The van der Waals surface area contributed by atoms with E-state index < -0.39 is 0 Å². The summed E-state index contributed by atoms with van der Waals surface area (Å²) in [5.74, 6) is 0.154. The van der Waals surface area contributed by atoms with Gasteiger partial charge >= 0.3 is 0 Å². The molecule has 0 aliphatic heterocycles. The van der Waals surface area contributed by atoms with Crippen LogP contribution in [-0.4, -0.2) is 19.4 Å². The molecule has 0 saturated carbocycles. The van der Waals surface area contributed by atoms with Gasteiger partial charge in [0.25, 0.3) is 0 Å². The fraction of sp³-hybridized carbons (Fsp3) is 0.364. The van der Waals surface area contributed by atoms with Crippen molar-refractivity contribution >= 4 is 23.1 Å². The van der Waals surface area contributed by atoms with Gasteiger partial charge in [0, 0.05) is 17.8 Å². The van der Waals surface area contributed by atoms with Crippen molar-refractivity contribution in [3.63, 3.8) is 0 Å². The number of halogens is 1. The Morgan fingerprint density at radius 3 is 2.64 bits per heavy atom. The van der Waals surface area contributed by atoms with Gasteiger partial charge in [0.15, 0.2) is 0 Å². The van der Waals surface area contributed by atoms with Crippen molar-refractivity contribution in [1.29, 1.82) is 0 Å². The van der Waals surface area contributed by atoms with Crippen molar-refractivity contribution in [1.82, 2.24) is 0 Å². The molecule has 76 valence electrons. The highest BCUT2D eigenvalue weighted by Crippen LogP contribution is 2.22. The smallest absolute Gasteiger partial charge is 0.149 e. The summed E-state index contributed by atoms with van der Waals surface area (Å²) >= 11 is 5.84. The van der Waals surface area contributed by atoms with E-state index in [1.165, 1.54) is 0 Å². The molecule has 1 rings (SSSR count). The van der Waals surface area contributed by atoms with Crippen LogP contribution in [0.25, 0.3) is 0 Å². The number of ketones is 1. The van der Waals surface area contributed by atoms with Gasteiger partial charge in [-0.1, -0.05) is 11.6 Å². The van der Waals surface area contributed by atoms with Crippen LogP contribution in [0.5, 0.6) is 0 Å². The second-order valence-corrected chi connectivity index (χ2v) is 3.93. The second-order valence-electron chi connectivity index (χ2n) is 3.49. The first kappa shape index (κ1) is 11.1. The van der Waals surface area contributed by atoms with E-state index in [2.05, 4.69) is 0 Å². The van der Waals surface area contributed by atoms with Crippen LogP contribution in [0.3, 0.4) is 0 Å². The van der Waals surface area contributed by atoms with Gasteiger partial charge in [-0.05, 0) is 37.6 Å². The molecule has 0 spiro atoms. The summed E-state index contributed by atoms with van der Waals surface area (Å²) in [7, 11) is 1.90. The molecule has 0 aliphatic carbocycles. The Hall–Kier alpha value is -1.02. The molecule has 0 heterocycles. The van der Waals surface area contributed by atoms with Crippen molar-refractivity contribution < 1.29 is 4.79 Å². The maximum Gasteiger partial charge on any atom is 0.149 e. The van der Waals surface area contributed by atoms with Crippen LogP contribution in [0, 0.1) is 6.92 Å². The summed E-state index contributed by atoms with van der Waals surface area (Å²) in [6.07, 6.45) is 0. The van der Waals surface area contributed by atoms with E-state index >= 15 is 0 Å². The van der Waals surface area contributed by atoms with Gasteiger partial charge in [-0.2, -0.15) is 0 Å². The van der Waals surface area contributed by atoms with E-state index in [0.717, 1.165) is 16.3 Å². The van der Waals surface area contributed by atoms with Crippen LogP contribution in [0.1, 0.15) is 12.5 Å².